The fourth-order valence-corrected chi connectivity index (χ4v) is 4.31. The van der Waals surface area contributed by atoms with Crippen LogP contribution in [0, 0.1) is 0 Å². The van der Waals surface area contributed by atoms with Crippen LogP contribution in [0.1, 0.15) is 39.2 Å². The first-order chi connectivity index (χ1) is 11.1. The van der Waals surface area contributed by atoms with Gasteiger partial charge in [0, 0.05) is 21.1 Å². The smallest absolute Gasteiger partial charge is 0.341 e. The third-order valence-electron chi connectivity index (χ3n) is 3.85. The number of rotatable bonds is 3. The number of carbonyl (C=O) groups is 1. The predicted octanol–water partition coefficient (Wildman–Crippen LogP) is 4.63. The van der Waals surface area contributed by atoms with Crippen molar-refractivity contribution < 1.29 is 14.6 Å². The van der Waals surface area contributed by atoms with E-state index in [4.69, 9.17) is 4.74 Å². The van der Waals surface area contributed by atoms with E-state index < -0.39 is 0 Å². The molecular formula is C17H16BrNO3S. The summed E-state index contributed by atoms with van der Waals surface area (Å²) >= 11 is 4.92. The Kier molecular flexibility index (Phi) is 4.82. The molecule has 6 heteroatoms. The predicted molar refractivity (Wildman–Crippen MR) is 95.4 cm³/mol. The molecular weight excluding hydrogens is 378 g/mol. The number of fused-ring (bicyclic) bond motifs is 1. The highest BCUT2D eigenvalue weighted by atomic mass is 79.9. The van der Waals surface area contributed by atoms with Crippen LogP contribution in [0.3, 0.4) is 0 Å². The van der Waals surface area contributed by atoms with Crippen molar-refractivity contribution >= 4 is 44.5 Å². The average molecular weight is 394 g/mol. The highest BCUT2D eigenvalue weighted by Crippen LogP contribution is 2.40. The second-order valence-electron chi connectivity index (χ2n) is 5.34. The molecule has 0 saturated heterocycles. The van der Waals surface area contributed by atoms with Crippen LogP contribution in [0.25, 0.3) is 0 Å². The number of aryl methyl sites for hydroxylation is 1. The number of esters is 1. The lowest BCUT2D eigenvalue weighted by molar-refractivity contribution is 0.0601. The molecule has 0 unspecified atom stereocenters. The number of nitrogens with zero attached hydrogens (tertiary/aromatic N) is 1. The van der Waals surface area contributed by atoms with Crippen molar-refractivity contribution in [1.82, 2.24) is 0 Å². The Balaban J connectivity index is 2.02. The van der Waals surface area contributed by atoms with Crippen molar-refractivity contribution in [1.29, 1.82) is 0 Å². The molecule has 0 saturated carbocycles. The molecule has 1 aliphatic carbocycles. The Labute approximate surface area is 147 Å². The number of hydrogen-bond donors (Lipinski definition) is 1. The molecule has 3 rings (SSSR count). The number of aliphatic imine (C=N–C) groups is 1. The van der Waals surface area contributed by atoms with Gasteiger partial charge in [0.2, 0.25) is 0 Å². The summed E-state index contributed by atoms with van der Waals surface area (Å²) in [5, 5.41) is 10.6. The number of thiophene rings is 1. The Bertz CT molecular complexity index is 782. The van der Waals surface area contributed by atoms with E-state index in [2.05, 4.69) is 20.9 Å². The molecule has 23 heavy (non-hydrogen) atoms. The Morgan fingerprint density at radius 2 is 2.17 bits per heavy atom. The van der Waals surface area contributed by atoms with Crippen LogP contribution in [-0.4, -0.2) is 24.4 Å². The average Bonchev–Trinajstić information content (AvgIpc) is 2.93. The second-order valence-corrected chi connectivity index (χ2v) is 7.34. The minimum Gasteiger partial charge on any atom is -0.507 e. The largest absolute Gasteiger partial charge is 0.507 e. The molecule has 1 heterocycles. The van der Waals surface area contributed by atoms with Gasteiger partial charge in [-0.25, -0.2) is 9.79 Å². The van der Waals surface area contributed by atoms with E-state index in [0.717, 1.165) is 35.7 Å². The van der Waals surface area contributed by atoms with Crippen molar-refractivity contribution in [2.75, 3.05) is 7.11 Å². The van der Waals surface area contributed by atoms with E-state index in [1.54, 1.807) is 35.8 Å². The lowest BCUT2D eigenvalue weighted by atomic mass is 9.95. The maximum Gasteiger partial charge on any atom is 0.341 e. The van der Waals surface area contributed by atoms with E-state index in [0.29, 0.717) is 16.1 Å². The van der Waals surface area contributed by atoms with Crippen LogP contribution >= 0.6 is 27.3 Å². The third-order valence-corrected chi connectivity index (χ3v) is 5.55. The van der Waals surface area contributed by atoms with E-state index in [1.165, 1.54) is 12.0 Å². The molecule has 0 atom stereocenters. The van der Waals surface area contributed by atoms with Crippen molar-refractivity contribution in [2.45, 2.75) is 25.7 Å². The number of ether oxygens (including phenoxy) is 1. The number of carbonyl (C=O) groups excluding carboxylic acids is 1. The number of halogens is 1. The van der Waals surface area contributed by atoms with Gasteiger partial charge in [0.25, 0.3) is 0 Å². The van der Waals surface area contributed by atoms with Gasteiger partial charge in [-0.2, -0.15) is 0 Å². The molecule has 0 aliphatic heterocycles. The van der Waals surface area contributed by atoms with Crippen LogP contribution in [-0.2, 0) is 17.6 Å². The minimum atomic E-state index is -0.338. The molecule has 1 N–H and O–H groups in total. The standard InChI is InChI=1S/C17H16BrNO3S/c1-22-17(21)15-12-4-2-3-5-14(12)23-16(15)19-9-10-8-11(18)6-7-13(10)20/h6-9,20H,2-5H2,1H3. The summed E-state index contributed by atoms with van der Waals surface area (Å²) in [7, 11) is 1.39. The topological polar surface area (TPSA) is 58.9 Å². The number of methoxy groups -OCH3 is 1. The van der Waals surface area contributed by atoms with Gasteiger partial charge in [-0.1, -0.05) is 15.9 Å². The zero-order valence-corrected chi connectivity index (χ0v) is 15.0. The van der Waals surface area contributed by atoms with Gasteiger partial charge >= 0.3 is 5.97 Å². The van der Waals surface area contributed by atoms with Gasteiger partial charge in [-0.3, -0.25) is 0 Å². The van der Waals surface area contributed by atoms with E-state index in [-0.39, 0.29) is 11.7 Å². The van der Waals surface area contributed by atoms with E-state index in [9.17, 15) is 9.90 Å². The van der Waals surface area contributed by atoms with Crippen molar-refractivity contribution in [3.63, 3.8) is 0 Å². The van der Waals surface area contributed by atoms with Gasteiger partial charge < -0.3 is 9.84 Å². The molecule has 1 aromatic heterocycles. The lowest BCUT2D eigenvalue weighted by Crippen LogP contribution is -2.07. The molecule has 1 aromatic carbocycles. The van der Waals surface area contributed by atoms with Crippen LogP contribution in [0.4, 0.5) is 5.00 Å². The number of phenols is 1. The van der Waals surface area contributed by atoms with Crippen LogP contribution in [0.15, 0.2) is 27.7 Å². The molecule has 0 spiro atoms. The number of phenolic OH excluding ortho intramolecular Hbond substituents is 1. The van der Waals surface area contributed by atoms with Gasteiger partial charge in [0.1, 0.15) is 10.8 Å². The summed E-state index contributed by atoms with van der Waals surface area (Å²) in [4.78, 5) is 17.8. The molecule has 0 fully saturated rings. The third kappa shape index (κ3) is 3.33. The summed E-state index contributed by atoms with van der Waals surface area (Å²) < 4.78 is 5.79. The maximum atomic E-state index is 12.2. The molecule has 1 aliphatic rings. The number of benzene rings is 1. The monoisotopic (exact) mass is 393 g/mol. The molecule has 120 valence electrons. The Morgan fingerprint density at radius 1 is 1.39 bits per heavy atom. The first-order valence-corrected chi connectivity index (χ1v) is 8.96. The normalized spacial score (nSPS) is 14.0. The maximum absolute atomic E-state index is 12.2. The fourth-order valence-electron chi connectivity index (χ4n) is 2.71. The Morgan fingerprint density at radius 3 is 2.96 bits per heavy atom. The summed E-state index contributed by atoms with van der Waals surface area (Å²) in [6.07, 6.45) is 5.70. The molecule has 0 amide bonds. The van der Waals surface area contributed by atoms with Gasteiger partial charge in [0.15, 0.2) is 0 Å². The summed E-state index contributed by atoms with van der Waals surface area (Å²) in [5.74, 6) is -0.187. The molecule has 4 nitrogen and oxygen atoms in total. The zero-order valence-electron chi connectivity index (χ0n) is 12.6. The fraction of sp³-hybridized carbons (Fsp3) is 0.294. The van der Waals surface area contributed by atoms with Crippen LogP contribution in [0.2, 0.25) is 0 Å². The summed E-state index contributed by atoms with van der Waals surface area (Å²) in [5.41, 5.74) is 2.26. The van der Waals surface area contributed by atoms with Crippen LogP contribution in [0.5, 0.6) is 5.75 Å². The van der Waals surface area contributed by atoms with Gasteiger partial charge in [0.05, 0.1) is 12.7 Å². The lowest BCUT2D eigenvalue weighted by Gasteiger charge is -2.11. The molecule has 0 bridgehead atoms. The Hall–Kier alpha value is -1.66. The summed E-state index contributed by atoms with van der Waals surface area (Å²) in [6.45, 7) is 0. The number of aromatic hydroxyl groups is 1. The highest BCUT2D eigenvalue weighted by Gasteiger charge is 2.25. The molecule has 2 aromatic rings. The van der Waals surface area contributed by atoms with Gasteiger partial charge in [-0.15, -0.1) is 11.3 Å². The van der Waals surface area contributed by atoms with Crippen molar-refractivity contribution in [2.24, 2.45) is 4.99 Å². The van der Waals surface area contributed by atoms with Crippen molar-refractivity contribution in [3.05, 3.63) is 44.2 Å². The number of hydrogen-bond acceptors (Lipinski definition) is 5. The SMILES string of the molecule is COC(=O)c1c(N=Cc2cc(Br)ccc2O)sc2c1CCCC2. The first kappa shape index (κ1) is 16.2. The second kappa shape index (κ2) is 6.84. The quantitative estimate of drug-likeness (QED) is 0.610. The zero-order chi connectivity index (χ0) is 16.4. The van der Waals surface area contributed by atoms with Crippen LogP contribution < -0.4 is 0 Å². The summed E-state index contributed by atoms with van der Waals surface area (Å²) in [6, 6.07) is 5.15. The molecule has 0 radical (unpaired) electrons. The van der Waals surface area contributed by atoms with E-state index >= 15 is 0 Å². The van der Waals surface area contributed by atoms with E-state index in [1.807, 2.05) is 0 Å². The minimum absolute atomic E-state index is 0.151. The van der Waals surface area contributed by atoms with Crippen molar-refractivity contribution in [3.8, 4) is 5.75 Å². The first-order valence-electron chi connectivity index (χ1n) is 7.35. The van der Waals surface area contributed by atoms with Gasteiger partial charge in [-0.05, 0) is 49.4 Å². The highest BCUT2D eigenvalue weighted by molar-refractivity contribution is 9.10.